The van der Waals surface area contributed by atoms with Crippen molar-refractivity contribution in [2.75, 3.05) is 0 Å². The van der Waals surface area contributed by atoms with E-state index in [4.69, 9.17) is 0 Å². The molecule has 0 aliphatic heterocycles. The van der Waals surface area contributed by atoms with E-state index in [0.717, 1.165) is 23.4 Å². The van der Waals surface area contributed by atoms with E-state index in [1.165, 1.54) is 4.70 Å². The molecule has 0 spiro atoms. The first-order valence-corrected chi connectivity index (χ1v) is 6.02. The van der Waals surface area contributed by atoms with E-state index in [2.05, 4.69) is 11.1 Å². The third kappa shape index (κ3) is 1.79. The first kappa shape index (κ1) is 9.04. The first-order chi connectivity index (χ1) is 7.33. The van der Waals surface area contributed by atoms with Gasteiger partial charge in [0.15, 0.2) is 0 Å². The smallest absolute Gasteiger partial charge is 0.142 e. The Hall–Kier alpha value is -1.22. The van der Waals surface area contributed by atoms with Gasteiger partial charge in [0.25, 0.3) is 0 Å². The number of nitrogens with zero attached hydrogens (tertiary/aromatic N) is 1. The number of hydrogen-bond acceptors (Lipinski definition) is 3. The highest BCUT2D eigenvalue weighted by molar-refractivity contribution is 7.18. The van der Waals surface area contributed by atoms with Gasteiger partial charge in [-0.25, -0.2) is 4.98 Å². The Kier molecular flexibility index (Phi) is 2.06. The van der Waals surface area contributed by atoms with Crippen LogP contribution >= 0.6 is 11.3 Å². The van der Waals surface area contributed by atoms with Crippen LogP contribution in [0.4, 0.5) is 0 Å². The summed E-state index contributed by atoms with van der Waals surface area (Å²) in [5, 5.41) is 0.966. The summed E-state index contributed by atoms with van der Waals surface area (Å²) in [6, 6.07) is 8.04. The number of ketones is 1. The van der Waals surface area contributed by atoms with E-state index in [1.807, 2.05) is 18.2 Å². The second kappa shape index (κ2) is 3.42. The minimum absolute atomic E-state index is 0.344. The Morgan fingerprint density at radius 2 is 2.20 bits per heavy atom. The molecule has 0 N–H and O–H groups in total. The van der Waals surface area contributed by atoms with Crippen LogP contribution in [0.3, 0.4) is 0 Å². The van der Waals surface area contributed by atoms with Crippen LogP contribution in [0.5, 0.6) is 0 Å². The summed E-state index contributed by atoms with van der Waals surface area (Å²) >= 11 is 1.64. The summed E-state index contributed by atoms with van der Waals surface area (Å²) in [7, 11) is 0. The lowest BCUT2D eigenvalue weighted by molar-refractivity contribution is -0.119. The molecule has 0 atom stereocenters. The summed E-state index contributed by atoms with van der Waals surface area (Å²) in [6.45, 7) is 0. The summed E-state index contributed by atoms with van der Waals surface area (Å²) in [6.07, 6.45) is 2.71. The van der Waals surface area contributed by atoms with E-state index in [0.29, 0.717) is 18.1 Å². The van der Waals surface area contributed by atoms with Gasteiger partial charge in [-0.15, -0.1) is 11.3 Å². The maximum atomic E-state index is 11.6. The van der Waals surface area contributed by atoms with Gasteiger partial charge in [0.1, 0.15) is 10.8 Å². The molecule has 0 amide bonds. The van der Waals surface area contributed by atoms with Crippen molar-refractivity contribution in [3.63, 3.8) is 0 Å². The van der Waals surface area contributed by atoms with Crippen molar-refractivity contribution in [2.45, 2.75) is 19.3 Å². The zero-order chi connectivity index (χ0) is 10.3. The van der Waals surface area contributed by atoms with Crippen LogP contribution < -0.4 is 0 Å². The molecular weight excluding hydrogens is 206 g/mol. The van der Waals surface area contributed by atoms with Crippen molar-refractivity contribution < 1.29 is 4.79 Å². The largest absolute Gasteiger partial charge is 0.299 e. The second-order valence-corrected chi connectivity index (χ2v) is 5.11. The Balaban J connectivity index is 1.87. The molecule has 1 fully saturated rings. The average Bonchev–Trinajstić information content (AvgIpc) is 2.99. The Morgan fingerprint density at radius 1 is 1.40 bits per heavy atom. The van der Waals surface area contributed by atoms with Gasteiger partial charge < -0.3 is 0 Å². The molecule has 0 bridgehead atoms. The molecule has 1 aliphatic rings. The molecule has 1 aromatic carbocycles. The molecule has 1 saturated carbocycles. The fraction of sp³-hybridized carbons (Fsp3) is 0.333. The number of Topliss-reactive ketones (excluding diaryl/α,β-unsaturated/α-hetero) is 1. The molecular formula is C12H11NOS. The first-order valence-electron chi connectivity index (χ1n) is 5.20. The lowest BCUT2D eigenvalue weighted by atomic mass is 10.2. The van der Waals surface area contributed by atoms with Crippen LogP contribution in [0, 0.1) is 5.92 Å². The number of hydrogen-bond donors (Lipinski definition) is 0. The molecule has 1 heterocycles. The van der Waals surface area contributed by atoms with Crippen molar-refractivity contribution >= 4 is 27.3 Å². The second-order valence-electron chi connectivity index (χ2n) is 3.99. The van der Waals surface area contributed by atoms with E-state index in [9.17, 15) is 4.79 Å². The van der Waals surface area contributed by atoms with Gasteiger partial charge in [-0.05, 0) is 25.0 Å². The van der Waals surface area contributed by atoms with Crippen molar-refractivity contribution in [1.29, 1.82) is 0 Å². The molecule has 1 aromatic heterocycles. The summed E-state index contributed by atoms with van der Waals surface area (Å²) in [5.41, 5.74) is 1.01. The van der Waals surface area contributed by atoms with Crippen LogP contribution in [-0.2, 0) is 11.2 Å². The summed E-state index contributed by atoms with van der Waals surface area (Å²) in [5.74, 6) is 0.714. The average molecular weight is 217 g/mol. The van der Waals surface area contributed by atoms with E-state index >= 15 is 0 Å². The third-order valence-corrected chi connectivity index (χ3v) is 3.73. The maximum Gasteiger partial charge on any atom is 0.142 e. The molecule has 0 radical (unpaired) electrons. The summed E-state index contributed by atoms with van der Waals surface area (Å²) in [4.78, 5) is 16.1. The van der Waals surface area contributed by atoms with Gasteiger partial charge in [0, 0.05) is 5.92 Å². The number of rotatable bonds is 3. The van der Waals surface area contributed by atoms with E-state index in [-0.39, 0.29) is 0 Å². The van der Waals surface area contributed by atoms with Gasteiger partial charge in [-0.2, -0.15) is 0 Å². The lowest BCUT2D eigenvalue weighted by Crippen LogP contribution is -2.03. The molecule has 0 unspecified atom stereocenters. The van der Waals surface area contributed by atoms with Gasteiger partial charge >= 0.3 is 0 Å². The van der Waals surface area contributed by atoms with Crippen LogP contribution in [-0.4, -0.2) is 10.8 Å². The van der Waals surface area contributed by atoms with E-state index in [1.54, 1.807) is 11.3 Å². The summed E-state index contributed by atoms with van der Waals surface area (Å²) < 4.78 is 1.18. The van der Waals surface area contributed by atoms with E-state index < -0.39 is 0 Å². The number of fused-ring (bicyclic) bond motifs is 1. The molecule has 2 aromatic rings. The highest BCUT2D eigenvalue weighted by Crippen LogP contribution is 2.32. The quantitative estimate of drug-likeness (QED) is 0.791. The minimum atomic E-state index is 0.344. The number of para-hydroxylation sites is 1. The van der Waals surface area contributed by atoms with Gasteiger partial charge in [0.2, 0.25) is 0 Å². The molecule has 1 aliphatic carbocycles. The van der Waals surface area contributed by atoms with Crippen molar-refractivity contribution in [1.82, 2.24) is 4.98 Å². The number of carbonyl (C=O) groups is 1. The van der Waals surface area contributed by atoms with Gasteiger partial charge in [-0.3, -0.25) is 4.79 Å². The number of benzene rings is 1. The monoisotopic (exact) mass is 217 g/mol. The highest BCUT2D eigenvalue weighted by Gasteiger charge is 2.29. The normalized spacial score (nSPS) is 15.7. The Bertz CT molecular complexity index is 480. The topological polar surface area (TPSA) is 30.0 Å². The molecule has 0 saturated heterocycles. The maximum absolute atomic E-state index is 11.6. The van der Waals surface area contributed by atoms with Crippen LogP contribution in [0.25, 0.3) is 10.2 Å². The predicted octanol–water partition coefficient (Wildman–Crippen LogP) is 2.82. The standard InChI is InChI=1S/C12H11NOS/c14-10(8-5-6-8)7-12-13-9-3-1-2-4-11(9)15-12/h1-4,8H,5-7H2. The SMILES string of the molecule is O=C(Cc1nc2ccccc2s1)C1CC1. The fourth-order valence-corrected chi connectivity index (χ4v) is 2.67. The van der Waals surface area contributed by atoms with Gasteiger partial charge in [0.05, 0.1) is 16.6 Å². The van der Waals surface area contributed by atoms with Crippen molar-refractivity contribution in [2.24, 2.45) is 5.92 Å². The van der Waals surface area contributed by atoms with Crippen LogP contribution in [0.2, 0.25) is 0 Å². The third-order valence-electron chi connectivity index (χ3n) is 2.70. The number of aromatic nitrogens is 1. The lowest BCUT2D eigenvalue weighted by Gasteiger charge is -1.91. The minimum Gasteiger partial charge on any atom is -0.299 e. The zero-order valence-corrected chi connectivity index (χ0v) is 9.09. The Labute approximate surface area is 92.0 Å². The molecule has 15 heavy (non-hydrogen) atoms. The molecule has 3 rings (SSSR count). The molecule has 2 nitrogen and oxygen atoms in total. The van der Waals surface area contributed by atoms with Crippen LogP contribution in [0.1, 0.15) is 17.8 Å². The number of carbonyl (C=O) groups excluding carboxylic acids is 1. The van der Waals surface area contributed by atoms with Crippen molar-refractivity contribution in [3.05, 3.63) is 29.3 Å². The fourth-order valence-electron chi connectivity index (χ4n) is 1.69. The highest BCUT2D eigenvalue weighted by atomic mass is 32.1. The number of thiazole rings is 1. The Morgan fingerprint density at radius 3 is 2.93 bits per heavy atom. The molecule has 76 valence electrons. The zero-order valence-electron chi connectivity index (χ0n) is 8.27. The van der Waals surface area contributed by atoms with Crippen LogP contribution in [0.15, 0.2) is 24.3 Å². The molecule has 3 heteroatoms. The van der Waals surface area contributed by atoms with Crippen molar-refractivity contribution in [3.8, 4) is 0 Å². The van der Waals surface area contributed by atoms with Gasteiger partial charge in [-0.1, -0.05) is 12.1 Å². The predicted molar refractivity (Wildman–Crippen MR) is 61.1 cm³/mol.